The molecule has 0 aliphatic carbocycles. The van der Waals surface area contributed by atoms with Crippen LogP contribution >= 0.6 is 0 Å². The maximum atomic E-state index is 11.8. The van der Waals surface area contributed by atoms with Gasteiger partial charge >= 0.3 is 0 Å². The molecule has 2 heterocycles. The van der Waals surface area contributed by atoms with Crippen molar-refractivity contribution in [2.75, 3.05) is 19.6 Å². The molecule has 0 saturated carbocycles. The fraction of sp³-hybridized carbons (Fsp3) is 0.462. The van der Waals surface area contributed by atoms with E-state index in [0.29, 0.717) is 23.7 Å². The number of carbonyl (C=O) groups excluding carboxylic acids is 2. The predicted octanol–water partition coefficient (Wildman–Crippen LogP) is -0.0901. The molecule has 1 saturated heterocycles. The third kappa shape index (κ3) is 3.75. The van der Waals surface area contributed by atoms with Crippen LogP contribution in [0.25, 0.3) is 0 Å². The van der Waals surface area contributed by atoms with Crippen molar-refractivity contribution >= 4 is 11.8 Å². The van der Waals surface area contributed by atoms with E-state index in [1.807, 2.05) is 0 Å². The number of nitrogens with zero attached hydrogens (tertiary/aromatic N) is 1. The van der Waals surface area contributed by atoms with Gasteiger partial charge < -0.3 is 16.4 Å². The van der Waals surface area contributed by atoms with Crippen molar-refractivity contribution < 1.29 is 9.59 Å². The Hall–Kier alpha value is -1.95. The first kappa shape index (κ1) is 13.5. The molecule has 19 heavy (non-hydrogen) atoms. The van der Waals surface area contributed by atoms with Crippen molar-refractivity contribution in [3.05, 3.63) is 29.6 Å². The molecule has 6 heteroatoms. The minimum atomic E-state index is -0.548. The van der Waals surface area contributed by atoms with Crippen molar-refractivity contribution in [3.63, 3.8) is 0 Å². The van der Waals surface area contributed by atoms with E-state index in [9.17, 15) is 9.59 Å². The summed E-state index contributed by atoms with van der Waals surface area (Å²) in [5.74, 6) is -0.124. The molecule has 2 rings (SSSR count). The zero-order chi connectivity index (χ0) is 13.7. The molecule has 0 radical (unpaired) electrons. The molecule has 1 atom stereocenters. The number of aromatic nitrogens is 1. The normalized spacial score (nSPS) is 18.2. The van der Waals surface area contributed by atoms with Gasteiger partial charge in [-0.2, -0.15) is 0 Å². The fourth-order valence-electron chi connectivity index (χ4n) is 2.12. The second-order valence-electron chi connectivity index (χ2n) is 4.70. The van der Waals surface area contributed by atoms with Gasteiger partial charge in [-0.25, -0.2) is 0 Å². The zero-order valence-corrected chi connectivity index (χ0v) is 10.7. The van der Waals surface area contributed by atoms with Crippen LogP contribution in [0.3, 0.4) is 0 Å². The summed E-state index contributed by atoms with van der Waals surface area (Å²) in [5, 5.41) is 6.12. The first-order chi connectivity index (χ1) is 9.16. The molecule has 4 N–H and O–H groups in total. The Morgan fingerprint density at radius 3 is 2.89 bits per heavy atom. The summed E-state index contributed by atoms with van der Waals surface area (Å²) in [5.41, 5.74) is 5.70. The van der Waals surface area contributed by atoms with Crippen molar-refractivity contribution in [1.82, 2.24) is 15.6 Å². The molecule has 2 amide bonds. The molecule has 102 valence electrons. The number of nitrogens with one attached hydrogen (secondary N) is 2. The average molecular weight is 262 g/mol. The van der Waals surface area contributed by atoms with E-state index in [1.165, 1.54) is 24.8 Å². The van der Waals surface area contributed by atoms with Crippen LogP contribution in [-0.2, 0) is 0 Å². The number of primary amides is 1. The molecule has 0 aromatic carbocycles. The van der Waals surface area contributed by atoms with Gasteiger partial charge in [0.25, 0.3) is 5.91 Å². The molecule has 1 fully saturated rings. The van der Waals surface area contributed by atoms with Gasteiger partial charge in [0.2, 0.25) is 5.91 Å². The van der Waals surface area contributed by atoms with Crippen molar-refractivity contribution in [3.8, 4) is 0 Å². The lowest BCUT2D eigenvalue weighted by Crippen LogP contribution is -2.27. The number of hydrogen-bond donors (Lipinski definition) is 3. The molecule has 1 aromatic heterocycles. The Morgan fingerprint density at radius 1 is 1.47 bits per heavy atom. The summed E-state index contributed by atoms with van der Waals surface area (Å²) in [6, 6.07) is 3.01. The van der Waals surface area contributed by atoms with Gasteiger partial charge in [-0.1, -0.05) is 0 Å². The molecular weight excluding hydrogens is 244 g/mol. The maximum absolute atomic E-state index is 11.8. The second kappa shape index (κ2) is 6.29. The number of amides is 2. The van der Waals surface area contributed by atoms with E-state index < -0.39 is 5.91 Å². The van der Waals surface area contributed by atoms with E-state index in [-0.39, 0.29) is 5.91 Å². The van der Waals surface area contributed by atoms with Crippen molar-refractivity contribution in [1.29, 1.82) is 0 Å². The SMILES string of the molecule is NC(=O)c1ccc(C(=O)NCCC2CCNC2)nc1. The van der Waals surface area contributed by atoms with Gasteiger partial charge in [0.05, 0.1) is 5.56 Å². The van der Waals surface area contributed by atoms with Gasteiger partial charge in [0.15, 0.2) is 0 Å². The highest BCUT2D eigenvalue weighted by Gasteiger charge is 2.14. The van der Waals surface area contributed by atoms with Crippen LogP contribution in [0.4, 0.5) is 0 Å². The lowest BCUT2D eigenvalue weighted by atomic mass is 10.1. The Kier molecular flexibility index (Phi) is 4.46. The summed E-state index contributed by atoms with van der Waals surface area (Å²) in [6.07, 6.45) is 3.46. The zero-order valence-electron chi connectivity index (χ0n) is 10.7. The highest BCUT2D eigenvalue weighted by atomic mass is 16.2. The fourth-order valence-corrected chi connectivity index (χ4v) is 2.12. The van der Waals surface area contributed by atoms with Crippen LogP contribution < -0.4 is 16.4 Å². The van der Waals surface area contributed by atoms with E-state index in [0.717, 1.165) is 19.5 Å². The summed E-state index contributed by atoms with van der Waals surface area (Å²) in [7, 11) is 0. The molecule has 1 aliphatic heterocycles. The van der Waals surface area contributed by atoms with E-state index in [4.69, 9.17) is 5.73 Å². The minimum absolute atomic E-state index is 0.220. The predicted molar refractivity (Wildman–Crippen MR) is 70.7 cm³/mol. The minimum Gasteiger partial charge on any atom is -0.366 e. The molecule has 1 unspecified atom stereocenters. The number of carbonyl (C=O) groups is 2. The van der Waals surface area contributed by atoms with Gasteiger partial charge in [0.1, 0.15) is 5.69 Å². The van der Waals surface area contributed by atoms with Crippen molar-refractivity contribution in [2.45, 2.75) is 12.8 Å². The Bertz CT molecular complexity index is 452. The van der Waals surface area contributed by atoms with Crippen LogP contribution in [-0.4, -0.2) is 36.4 Å². The van der Waals surface area contributed by atoms with Crippen LogP contribution in [0.5, 0.6) is 0 Å². The quantitative estimate of drug-likeness (QED) is 0.691. The molecule has 1 aromatic rings. The van der Waals surface area contributed by atoms with Gasteiger partial charge in [-0.15, -0.1) is 0 Å². The third-order valence-corrected chi connectivity index (χ3v) is 3.28. The lowest BCUT2D eigenvalue weighted by Gasteiger charge is -2.09. The first-order valence-corrected chi connectivity index (χ1v) is 6.41. The number of hydrogen-bond acceptors (Lipinski definition) is 4. The largest absolute Gasteiger partial charge is 0.366 e. The van der Waals surface area contributed by atoms with E-state index in [1.54, 1.807) is 0 Å². The topological polar surface area (TPSA) is 97.1 Å². The van der Waals surface area contributed by atoms with Crippen LogP contribution in [0.1, 0.15) is 33.7 Å². The van der Waals surface area contributed by atoms with Gasteiger partial charge in [0, 0.05) is 12.7 Å². The Labute approximate surface area is 111 Å². The maximum Gasteiger partial charge on any atom is 0.269 e. The van der Waals surface area contributed by atoms with Crippen molar-refractivity contribution in [2.24, 2.45) is 11.7 Å². The van der Waals surface area contributed by atoms with E-state index >= 15 is 0 Å². The second-order valence-corrected chi connectivity index (χ2v) is 4.70. The molecule has 1 aliphatic rings. The smallest absolute Gasteiger partial charge is 0.269 e. The Morgan fingerprint density at radius 2 is 2.32 bits per heavy atom. The molecule has 0 bridgehead atoms. The molecule has 0 spiro atoms. The average Bonchev–Trinajstić information content (AvgIpc) is 2.92. The standard InChI is InChI=1S/C13H18N4O2/c14-12(18)10-1-2-11(17-8-10)13(19)16-6-4-9-3-5-15-7-9/h1-2,8-9,15H,3-7H2,(H2,14,18)(H,16,19). The summed E-state index contributed by atoms with van der Waals surface area (Å²) in [4.78, 5) is 26.6. The summed E-state index contributed by atoms with van der Waals surface area (Å²) >= 11 is 0. The highest BCUT2D eigenvalue weighted by Crippen LogP contribution is 2.10. The van der Waals surface area contributed by atoms with Gasteiger partial charge in [-0.05, 0) is 44.0 Å². The van der Waals surface area contributed by atoms with Crippen LogP contribution in [0.2, 0.25) is 0 Å². The molecule has 6 nitrogen and oxygen atoms in total. The summed E-state index contributed by atoms with van der Waals surface area (Å²) in [6.45, 7) is 2.74. The number of rotatable bonds is 5. The first-order valence-electron chi connectivity index (χ1n) is 6.41. The monoisotopic (exact) mass is 262 g/mol. The van der Waals surface area contributed by atoms with Crippen LogP contribution in [0, 0.1) is 5.92 Å². The highest BCUT2D eigenvalue weighted by molar-refractivity contribution is 5.95. The van der Waals surface area contributed by atoms with E-state index in [2.05, 4.69) is 15.6 Å². The van der Waals surface area contributed by atoms with Gasteiger partial charge in [-0.3, -0.25) is 14.6 Å². The Balaban J connectivity index is 1.80. The lowest BCUT2D eigenvalue weighted by molar-refractivity contribution is 0.0943. The number of nitrogens with two attached hydrogens (primary N) is 1. The summed E-state index contributed by atoms with van der Waals surface area (Å²) < 4.78 is 0. The molecular formula is C13H18N4O2. The third-order valence-electron chi connectivity index (χ3n) is 3.28. The van der Waals surface area contributed by atoms with Crippen LogP contribution in [0.15, 0.2) is 18.3 Å². The number of pyridine rings is 1.